The van der Waals surface area contributed by atoms with E-state index in [1.165, 1.54) is 16.3 Å². The second kappa shape index (κ2) is 9.05. The van der Waals surface area contributed by atoms with E-state index in [2.05, 4.69) is 52.8 Å². The fraction of sp³-hybridized carbons (Fsp3) is 0.389. The van der Waals surface area contributed by atoms with E-state index < -0.39 is 0 Å². The van der Waals surface area contributed by atoms with Gasteiger partial charge in [0.25, 0.3) is 0 Å². The lowest BCUT2D eigenvalue weighted by molar-refractivity contribution is 0.146. The van der Waals surface area contributed by atoms with Gasteiger partial charge in [0, 0.05) is 26.3 Å². The molecule has 3 N–H and O–H groups in total. The molecule has 0 aliphatic rings. The van der Waals surface area contributed by atoms with E-state index in [1.54, 1.807) is 0 Å². The van der Waals surface area contributed by atoms with E-state index >= 15 is 0 Å². The van der Waals surface area contributed by atoms with E-state index in [0.717, 1.165) is 32.6 Å². The number of nitrogens with one attached hydrogen (secondary N) is 1. The Labute approximate surface area is 132 Å². The molecule has 0 fully saturated rings. The molecule has 0 bridgehead atoms. The van der Waals surface area contributed by atoms with E-state index in [4.69, 9.17) is 10.5 Å². The molecule has 0 spiro atoms. The van der Waals surface area contributed by atoms with Crippen LogP contribution >= 0.6 is 0 Å². The normalized spacial score (nSPS) is 11.8. The van der Waals surface area contributed by atoms with Gasteiger partial charge in [0.15, 0.2) is 5.96 Å². The lowest BCUT2D eigenvalue weighted by Crippen LogP contribution is -2.33. The molecule has 0 atom stereocenters. The Morgan fingerprint density at radius 1 is 1.18 bits per heavy atom. The Kier molecular flexibility index (Phi) is 6.71. The highest BCUT2D eigenvalue weighted by Gasteiger charge is 1.97. The van der Waals surface area contributed by atoms with Crippen LogP contribution in [0.3, 0.4) is 0 Å². The second-order valence-electron chi connectivity index (χ2n) is 5.18. The summed E-state index contributed by atoms with van der Waals surface area (Å²) in [4.78, 5) is 4.28. The average Bonchev–Trinajstić information content (AvgIpc) is 2.54. The van der Waals surface area contributed by atoms with Crippen LogP contribution in [-0.2, 0) is 11.2 Å². The molecule has 0 heterocycles. The zero-order valence-electron chi connectivity index (χ0n) is 13.2. The number of benzene rings is 2. The van der Waals surface area contributed by atoms with E-state index in [9.17, 15) is 0 Å². The van der Waals surface area contributed by atoms with Crippen LogP contribution in [-0.4, -0.2) is 32.3 Å². The van der Waals surface area contributed by atoms with Crippen LogP contribution in [0.25, 0.3) is 10.8 Å². The van der Waals surface area contributed by atoms with Crippen molar-refractivity contribution in [2.24, 2.45) is 10.7 Å². The van der Waals surface area contributed by atoms with Crippen LogP contribution in [0.2, 0.25) is 0 Å². The number of ether oxygens (including phenoxy) is 1. The van der Waals surface area contributed by atoms with Gasteiger partial charge < -0.3 is 15.8 Å². The van der Waals surface area contributed by atoms with Crippen LogP contribution in [0.15, 0.2) is 47.5 Å². The molecule has 0 aliphatic carbocycles. The highest BCUT2D eigenvalue weighted by molar-refractivity contribution is 5.83. The average molecular weight is 299 g/mol. The fourth-order valence-corrected chi connectivity index (χ4v) is 2.30. The Balaban J connectivity index is 1.73. The molecule has 4 nitrogen and oxygen atoms in total. The maximum absolute atomic E-state index is 5.84. The van der Waals surface area contributed by atoms with Gasteiger partial charge in [0.1, 0.15) is 0 Å². The minimum atomic E-state index is 0.511. The summed E-state index contributed by atoms with van der Waals surface area (Å²) < 4.78 is 5.26. The van der Waals surface area contributed by atoms with Crippen molar-refractivity contribution in [3.8, 4) is 0 Å². The summed E-state index contributed by atoms with van der Waals surface area (Å²) in [6.45, 7) is 4.98. The third-order valence-corrected chi connectivity index (χ3v) is 3.47. The largest absolute Gasteiger partial charge is 0.382 e. The van der Waals surface area contributed by atoms with Crippen LogP contribution in [0.1, 0.15) is 18.9 Å². The minimum absolute atomic E-state index is 0.511. The molecule has 0 saturated heterocycles. The van der Waals surface area contributed by atoms with Gasteiger partial charge in [0.05, 0.1) is 0 Å². The van der Waals surface area contributed by atoms with Crippen molar-refractivity contribution in [1.29, 1.82) is 0 Å². The monoisotopic (exact) mass is 299 g/mol. The predicted molar refractivity (Wildman–Crippen MR) is 93.3 cm³/mol. The quantitative estimate of drug-likeness (QED) is 0.447. The van der Waals surface area contributed by atoms with E-state index in [0.29, 0.717) is 12.5 Å². The van der Waals surface area contributed by atoms with Crippen molar-refractivity contribution in [3.05, 3.63) is 48.0 Å². The van der Waals surface area contributed by atoms with Crippen LogP contribution in [0.4, 0.5) is 0 Å². The zero-order valence-corrected chi connectivity index (χ0v) is 13.2. The van der Waals surface area contributed by atoms with E-state index in [1.807, 2.05) is 6.92 Å². The van der Waals surface area contributed by atoms with Crippen molar-refractivity contribution in [1.82, 2.24) is 5.32 Å². The van der Waals surface area contributed by atoms with Crippen LogP contribution in [0, 0.1) is 0 Å². The minimum Gasteiger partial charge on any atom is -0.382 e. The molecule has 0 aromatic heterocycles. The summed E-state index contributed by atoms with van der Waals surface area (Å²) in [5.41, 5.74) is 7.14. The number of guanidine groups is 1. The third-order valence-electron chi connectivity index (χ3n) is 3.47. The van der Waals surface area contributed by atoms with Crippen LogP contribution < -0.4 is 11.1 Å². The summed E-state index contributed by atoms with van der Waals surface area (Å²) >= 11 is 0. The van der Waals surface area contributed by atoms with Crippen molar-refractivity contribution in [2.45, 2.75) is 19.8 Å². The first-order chi connectivity index (χ1) is 10.8. The topological polar surface area (TPSA) is 59.6 Å². The number of aliphatic imine (C=N–C) groups is 1. The number of nitrogens with zero attached hydrogens (tertiary/aromatic N) is 1. The summed E-state index contributed by atoms with van der Waals surface area (Å²) in [7, 11) is 0. The first kappa shape index (κ1) is 16.3. The zero-order chi connectivity index (χ0) is 15.6. The number of nitrogens with two attached hydrogens (primary N) is 1. The molecule has 2 aromatic rings. The van der Waals surface area contributed by atoms with Gasteiger partial charge in [-0.15, -0.1) is 0 Å². The van der Waals surface area contributed by atoms with Gasteiger partial charge in [-0.05, 0) is 36.1 Å². The Bertz CT molecular complexity index is 610. The molecule has 2 aromatic carbocycles. The summed E-state index contributed by atoms with van der Waals surface area (Å²) in [5.74, 6) is 0.511. The van der Waals surface area contributed by atoms with Gasteiger partial charge in [-0.25, -0.2) is 0 Å². The lowest BCUT2D eigenvalue weighted by Gasteiger charge is -2.07. The number of hydrogen-bond donors (Lipinski definition) is 2. The predicted octanol–water partition coefficient (Wildman–Crippen LogP) is 2.71. The molecule has 0 saturated carbocycles. The molecule has 118 valence electrons. The van der Waals surface area contributed by atoms with Crippen molar-refractivity contribution >= 4 is 16.7 Å². The summed E-state index contributed by atoms with van der Waals surface area (Å²) in [5, 5.41) is 5.71. The maximum Gasteiger partial charge on any atom is 0.188 e. The SMILES string of the molecule is CCOCCCN=C(N)NCCc1ccc2ccccc2c1. The highest BCUT2D eigenvalue weighted by Crippen LogP contribution is 2.15. The molecule has 2 rings (SSSR count). The molecule has 22 heavy (non-hydrogen) atoms. The molecule has 0 unspecified atom stereocenters. The third kappa shape index (κ3) is 5.37. The number of fused-ring (bicyclic) bond motifs is 1. The highest BCUT2D eigenvalue weighted by atomic mass is 16.5. The summed E-state index contributed by atoms with van der Waals surface area (Å²) in [6, 6.07) is 15.0. The number of rotatable bonds is 8. The van der Waals surface area contributed by atoms with Gasteiger partial charge in [0.2, 0.25) is 0 Å². The van der Waals surface area contributed by atoms with Gasteiger partial charge in [-0.2, -0.15) is 0 Å². The Hall–Kier alpha value is -2.07. The Morgan fingerprint density at radius 3 is 2.82 bits per heavy atom. The first-order valence-electron chi connectivity index (χ1n) is 7.89. The van der Waals surface area contributed by atoms with Gasteiger partial charge >= 0.3 is 0 Å². The smallest absolute Gasteiger partial charge is 0.188 e. The van der Waals surface area contributed by atoms with Crippen molar-refractivity contribution in [3.63, 3.8) is 0 Å². The standard InChI is InChI=1S/C18H25N3O/c1-2-22-13-5-11-20-18(19)21-12-10-15-8-9-16-6-3-4-7-17(16)14-15/h3-4,6-9,14H,2,5,10-13H2,1H3,(H3,19,20,21). The molecule has 0 amide bonds. The fourth-order valence-electron chi connectivity index (χ4n) is 2.30. The number of hydrogen-bond acceptors (Lipinski definition) is 2. The maximum atomic E-state index is 5.84. The molecular formula is C18H25N3O. The molecule has 0 aliphatic heterocycles. The van der Waals surface area contributed by atoms with Crippen LogP contribution in [0.5, 0.6) is 0 Å². The summed E-state index contributed by atoms with van der Waals surface area (Å²) in [6.07, 6.45) is 1.83. The van der Waals surface area contributed by atoms with Crippen molar-refractivity contribution < 1.29 is 4.74 Å². The van der Waals surface area contributed by atoms with Crippen molar-refractivity contribution in [2.75, 3.05) is 26.3 Å². The molecule has 4 heteroatoms. The van der Waals surface area contributed by atoms with E-state index in [-0.39, 0.29) is 0 Å². The van der Waals surface area contributed by atoms with Gasteiger partial charge in [-0.1, -0.05) is 42.5 Å². The first-order valence-corrected chi connectivity index (χ1v) is 7.89. The molecular weight excluding hydrogens is 274 g/mol. The van der Waals surface area contributed by atoms with Gasteiger partial charge in [-0.3, -0.25) is 4.99 Å². The Morgan fingerprint density at radius 2 is 2.00 bits per heavy atom. The second-order valence-corrected chi connectivity index (χ2v) is 5.18. The lowest BCUT2D eigenvalue weighted by atomic mass is 10.1. The molecule has 0 radical (unpaired) electrons.